The summed E-state index contributed by atoms with van der Waals surface area (Å²) in [5, 5.41) is 0. The van der Waals surface area contributed by atoms with Crippen molar-refractivity contribution in [3.05, 3.63) is 59.2 Å². The molecule has 4 nitrogen and oxygen atoms in total. The molecule has 0 bridgehead atoms. The number of carbonyl (C=O) groups is 1. The van der Waals surface area contributed by atoms with Gasteiger partial charge in [0.05, 0.1) is 0 Å². The second-order valence-corrected chi connectivity index (χ2v) is 4.29. The summed E-state index contributed by atoms with van der Waals surface area (Å²) >= 11 is 0. The van der Waals surface area contributed by atoms with Gasteiger partial charge in [-0.3, -0.25) is 4.79 Å². The molecule has 0 fully saturated rings. The molecule has 0 saturated carbocycles. The number of benzene rings is 2. The molecule has 0 unspecified atom stereocenters. The van der Waals surface area contributed by atoms with Crippen molar-refractivity contribution in [2.45, 2.75) is 13.5 Å². The Balaban J connectivity index is 2.18. The minimum Gasteiger partial charge on any atom is -0.457 e. The lowest BCUT2D eigenvalue weighted by atomic mass is 10.1. The highest BCUT2D eigenvalue weighted by Crippen LogP contribution is 2.24. The summed E-state index contributed by atoms with van der Waals surface area (Å²) in [5.41, 5.74) is 13.1. The second-order valence-electron chi connectivity index (χ2n) is 4.29. The Bertz CT molecular complexity index is 592. The quantitative estimate of drug-likeness (QED) is 0.881. The van der Waals surface area contributed by atoms with Crippen molar-refractivity contribution >= 4 is 5.91 Å². The minimum absolute atomic E-state index is 0.434. The van der Waals surface area contributed by atoms with E-state index in [9.17, 15) is 4.79 Å². The Hall–Kier alpha value is -2.33. The SMILES string of the molecule is Cc1cc(Oc2ccc(CN)cc2)ccc1C(N)=O. The Labute approximate surface area is 112 Å². The fourth-order valence-electron chi connectivity index (χ4n) is 1.81. The average Bonchev–Trinajstić information content (AvgIpc) is 2.39. The number of nitrogens with two attached hydrogens (primary N) is 2. The summed E-state index contributed by atoms with van der Waals surface area (Å²) in [4.78, 5) is 11.1. The highest BCUT2D eigenvalue weighted by Gasteiger charge is 2.06. The van der Waals surface area contributed by atoms with E-state index < -0.39 is 5.91 Å². The zero-order valence-electron chi connectivity index (χ0n) is 10.7. The molecule has 4 heteroatoms. The number of rotatable bonds is 4. The van der Waals surface area contributed by atoms with Crippen LogP contribution in [0.15, 0.2) is 42.5 Å². The minimum atomic E-state index is -0.434. The predicted molar refractivity (Wildman–Crippen MR) is 74.1 cm³/mol. The second kappa shape index (κ2) is 5.54. The van der Waals surface area contributed by atoms with E-state index in [0.717, 1.165) is 16.9 Å². The van der Waals surface area contributed by atoms with E-state index in [1.165, 1.54) is 0 Å². The van der Waals surface area contributed by atoms with Gasteiger partial charge < -0.3 is 16.2 Å². The first kappa shape index (κ1) is 13.1. The summed E-state index contributed by atoms with van der Waals surface area (Å²) in [6.45, 7) is 2.33. The lowest BCUT2D eigenvalue weighted by Gasteiger charge is -2.08. The molecule has 2 aromatic rings. The lowest BCUT2D eigenvalue weighted by molar-refractivity contribution is 0.0999. The summed E-state index contributed by atoms with van der Waals surface area (Å²) in [7, 11) is 0. The normalized spacial score (nSPS) is 10.2. The highest BCUT2D eigenvalue weighted by molar-refractivity contribution is 5.94. The van der Waals surface area contributed by atoms with Crippen LogP contribution < -0.4 is 16.2 Å². The zero-order chi connectivity index (χ0) is 13.8. The van der Waals surface area contributed by atoms with Crippen LogP contribution in [0.25, 0.3) is 0 Å². The number of ether oxygens (including phenoxy) is 1. The molecule has 0 spiro atoms. The molecular weight excluding hydrogens is 240 g/mol. The zero-order valence-corrected chi connectivity index (χ0v) is 10.7. The highest BCUT2D eigenvalue weighted by atomic mass is 16.5. The maximum atomic E-state index is 11.1. The molecule has 19 heavy (non-hydrogen) atoms. The average molecular weight is 256 g/mol. The first-order chi connectivity index (χ1) is 9.10. The summed E-state index contributed by atoms with van der Waals surface area (Å²) in [6, 6.07) is 12.7. The number of aryl methyl sites for hydroxylation is 1. The molecule has 0 aliphatic rings. The monoisotopic (exact) mass is 256 g/mol. The van der Waals surface area contributed by atoms with E-state index in [4.69, 9.17) is 16.2 Å². The van der Waals surface area contributed by atoms with Crippen LogP contribution in [0.2, 0.25) is 0 Å². The smallest absolute Gasteiger partial charge is 0.248 e. The fraction of sp³-hybridized carbons (Fsp3) is 0.133. The van der Waals surface area contributed by atoms with Crippen molar-refractivity contribution in [3.8, 4) is 11.5 Å². The van der Waals surface area contributed by atoms with Crippen molar-refractivity contribution in [3.63, 3.8) is 0 Å². The van der Waals surface area contributed by atoms with Crippen LogP contribution >= 0.6 is 0 Å². The number of primary amides is 1. The van der Waals surface area contributed by atoms with Crippen LogP contribution in [0.5, 0.6) is 11.5 Å². The van der Waals surface area contributed by atoms with Crippen LogP contribution in [0.1, 0.15) is 21.5 Å². The van der Waals surface area contributed by atoms with Gasteiger partial charge in [0.25, 0.3) is 0 Å². The summed E-state index contributed by atoms with van der Waals surface area (Å²) < 4.78 is 5.70. The van der Waals surface area contributed by atoms with Crippen LogP contribution in [0.4, 0.5) is 0 Å². The first-order valence-electron chi connectivity index (χ1n) is 5.97. The topological polar surface area (TPSA) is 78.3 Å². The van der Waals surface area contributed by atoms with Crippen molar-refractivity contribution in [1.82, 2.24) is 0 Å². The van der Waals surface area contributed by atoms with E-state index in [2.05, 4.69) is 0 Å². The fourth-order valence-corrected chi connectivity index (χ4v) is 1.81. The van der Waals surface area contributed by atoms with Gasteiger partial charge in [0.2, 0.25) is 5.91 Å². The van der Waals surface area contributed by atoms with Crippen LogP contribution in [0, 0.1) is 6.92 Å². The molecule has 0 aromatic heterocycles. The largest absolute Gasteiger partial charge is 0.457 e. The Morgan fingerprint density at radius 2 is 1.74 bits per heavy atom. The summed E-state index contributed by atoms with van der Waals surface area (Å²) in [5.74, 6) is 0.961. The maximum Gasteiger partial charge on any atom is 0.248 e. The molecule has 1 amide bonds. The molecule has 2 aromatic carbocycles. The maximum absolute atomic E-state index is 11.1. The standard InChI is InChI=1S/C15H16N2O2/c1-10-8-13(6-7-14(10)15(17)18)19-12-4-2-11(9-16)3-5-12/h2-8H,9,16H2,1H3,(H2,17,18). The number of hydrogen-bond acceptors (Lipinski definition) is 3. The van der Waals surface area contributed by atoms with Gasteiger partial charge in [0.15, 0.2) is 0 Å². The van der Waals surface area contributed by atoms with Crippen molar-refractivity contribution in [2.75, 3.05) is 0 Å². The van der Waals surface area contributed by atoms with Crippen LogP contribution in [-0.2, 0) is 6.54 Å². The van der Waals surface area contributed by atoms with E-state index >= 15 is 0 Å². The third-order valence-electron chi connectivity index (χ3n) is 2.86. The van der Waals surface area contributed by atoms with E-state index in [1.807, 2.05) is 31.2 Å². The van der Waals surface area contributed by atoms with Gasteiger partial charge in [-0.15, -0.1) is 0 Å². The van der Waals surface area contributed by atoms with Crippen molar-refractivity contribution < 1.29 is 9.53 Å². The lowest BCUT2D eigenvalue weighted by Crippen LogP contribution is -2.12. The Morgan fingerprint density at radius 3 is 2.26 bits per heavy atom. The number of carbonyl (C=O) groups excluding carboxylic acids is 1. The Kier molecular flexibility index (Phi) is 3.82. The number of hydrogen-bond donors (Lipinski definition) is 2. The van der Waals surface area contributed by atoms with E-state index in [1.54, 1.807) is 18.2 Å². The van der Waals surface area contributed by atoms with Gasteiger partial charge in [0, 0.05) is 12.1 Å². The molecule has 0 heterocycles. The Morgan fingerprint density at radius 1 is 1.11 bits per heavy atom. The molecule has 0 radical (unpaired) electrons. The third-order valence-corrected chi connectivity index (χ3v) is 2.86. The molecule has 0 aliphatic carbocycles. The van der Waals surface area contributed by atoms with Crippen LogP contribution in [0.3, 0.4) is 0 Å². The van der Waals surface area contributed by atoms with Crippen molar-refractivity contribution in [1.29, 1.82) is 0 Å². The third kappa shape index (κ3) is 3.11. The molecular formula is C15H16N2O2. The van der Waals surface area contributed by atoms with Gasteiger partial charge in [-0.05, 0) is 48.4 Å². The van der Waals surface area contributed by atoms with E-state index in [-0.39, 0.29) is 0 Å². The molecule has 0 atom stereocenters. The summed E-state index contributed by atoms with van der Waals surface area (Å²) in [6.07, 6.45) is 0. The van der Waals surface area contributed by atoms with Gasteiger partial charge in [0.1, 0.15) is 11.5 Å². The number of amides is 1. The van der Waals surface area contributed by atoms with Gasteiger partial charge in [-0.2, -0.15) is 0 Å². The van der Waals surface area contributed by atoms with E-state index in [0.29, 0.717) is 17.9 Å². The molecule has 4 N–H and O–H groups in total. The van der Waals surface area contributed by atoms with Crippen molar-refractivity contribution in [2.24, 2.45) is 11.5 Å². The molecule has 98 valence electrons. The van der Waals surface area contributed by atoms with Crippen LogP contribution in [-0.4, -0.2) is 5.91 Å². The first-order valence-corrected chi connectivity index (χ1v) is 5.97. The predicted octanol–water partition coefficient (Wildman–Crippen LogP) is 2.34. The molecule has 0 saturated heterocycles. The van der Waals surface area contributed by atoms with Gasteiger partial charge in [-0.1, -0.05) is 12.1 Å². The van der Waals surface area contributed by atoms with Gasteiger partial charge >= 0.3 is 0 Å². The molecule has 0 aliphatic heterocycles. The molecule has 2 rings (SSSR count). The van der Waals surface area contributed by atoms with Gasteiger partial charge in [-0.25, -0.2) is 0 Å².